The zero-order valence-electron chi connectivity index (χ0n) is 15.5. The molecule has 148 valence electrons. The molecule has 0 aliphatic rings. The number of nitrogens with one attached hydrogen (secondary N) is 3. The Balaban J connectivity index is 1.55. The Labute approximate surface area is 168 Å². The summed E-state index contributed by atoms with van der Waals surface area (Å²) >= 11 is 2.83. The topological polar surface area (TPSA) is 134 Å². The van der Waals surface area contributed by atoms with E-state index in [1.807, 2.05) is 4.98 Å². The average molecular weight is 422 g/mol. The van der Waals surface area contributed by atoms with E-state index in [4.69, 9.17) is 4.42 Å². The van der Waals surface area contributed by atoms with Gasteiger partial charge in [-0.1, -0.05) is 32.1 Å². The molecule has 0 bridgehead atoms. The van der Waals surface area contributed by atoms with E-state index in [9.17, 15) is 14.4 Å². The number of carbonyl (C=O) groups excluding carboxylic acids is 1. The van der Waals surface area contributed by atoms with Crippen molar-refractivity contribution in [3.63, 3.8) is 0 Å². The van der Waals surface area contributed by atoms with Crippen molar-refractivity contribution in [2.24, 2.45) is 0 Å². The molecule has 11 heteroatoms. The van der Waals surface area contributed by atoms with Crippen LogP contribution in [-0.2, 0) is 22.4 Å². The molecule has 3 N–H and O–H groups in total. The third-order valence-corrected chi connectivity index (χ3v) is 5.62. The lowest BCUT2D eigenvalue weighted by Crippen LogP contribution is -2.25. The van der Waals surface area contributed by atoms with Crippen molar-refractivity contribution in [2.45, 2.75) is 42.6 Å². The van der Waals surface area contributed by atoms with Gasteiger partial charge in [0.1, 0.15) is 5.76 Å². The smallest absolute Gasteiger partial charge is 0.325 e. The highest BCUT2D eigenvalue weighted by Gasteiger charge is 2.19. The lowest BCUT2D eigenvalue weighted by Gasteiger charge is -2.12. The van der Waals surface area contributed by atoms with Crippen molar-refractivity contribution in [3.8, 4) is 0 Å². The number of nitrogens with zero attached hydrogens (tertiary/aromatic N) is 2. The van der Waals surface area contributed by atoms with Gasteiger partial charge in [-0.2, -0.15) is 0 Å². The predicted molar refractivity (Wildman–Crippen MR) is 107 cm³/mol. The Morgan fingerprint density at radius 2 is 2.04 bits per heavy atom. The van der Waals surface area contributed by atoms with Crippen molar-refractivity contribution in [1.82, 2.24) is 19.9 Å². The fourth-order valence-corrected chi connectivity index (χ4v) is 3.93. The molecule has 3 aromatic heterocycles. The normalized spacial score (nSPS) is 11.5. The van der Waals surface area contributed by atoms with Crippen LogP contribution >= 0.6 is 23.1 Å². The Bertz CT molecular complexity index is 1060. The molecule has 3 aromatic rings. The van der Waals surface area contributed by atoms with Crippen LogP contribution in [0.15, 0.2) is 36.7 Å². The number of thioether (sulfide) groups is 1. The molecule has 0 saturated carbocycles. The molecule has 0 spiro atoms. The summed E-state index contributed by atoms with van der Waals surface area (Å²) in [5.41, 5.74) is -1.06. The highest BCUT2D eigenvalue weighted by Crippen LogP contribution is 2.31. The molecular weight excluding hydrogens is 402 g/mol. The number of hydrogen-bond acceptors (Lipinski definition) is 8. The van der Waals surface area contributed by atoms with Gasteiger partial charge in [-0.05, 0) is 0 Å². The van der Waals surface area contributed by atoms with Crippen LogP contribution in [0.2, 0.25) is 0 Å². The third kappa shape index (κ3) is 5.42. The van der Waals surface area contributed by atoms with Crippen LogP contribution in [0.5, 0.6) is 0 Å². The number of anilines is 1. The molecule has 0 aliphatic heterocycles. The second-order valence-electron chi connectivity index (χ2n) is 6.98. The van der Waals surface area contributed by atoms with Gasteiger partial charge in [-0.3, -0.25) is 14.6 Å². The van der Waals surface area contributed by atoms with Crippen LogP contribution in [0.4, 0.5) is 5.13 Å². The van der Waals surface area contributed by atoms with Gasteiger partial charge in [0.2, 0.25) is 11.8 Å². The highest BCUT2D eigenvalue weighted by atomic mass is 32.2. The Hall–Kier alpha value is -2.66. The minimum absolute atomic E-state index is 0.0915. The number of amides is 1. The predicted octanol–water partition coefficient (Wildman–Crippen LogP) is 2.28. The number of aromatic amines is 2. The fraction of sp³-hybridized carbons (Fsp3) is 0.353. The SMILES string of the molecule is CC(C)(C)c1cnc(CSc2cnc(NC(=O)Cc3cc(=O)[nH]c(=O)[nH]3)s2)o1. The summed E-state index contributed by atoms with van der Waals surface area (Å²) in [6.45, 7) is 6.18. The zero-order valence-corrected chi connectivity index (χ0v) is 17.1. The summed E-state index contributed by atoms with van der Waals surface area (Å²) in [7, 11) is 0. The summed E-state index contributed by atoms with van der Waals surface area (Å²) in [5, 5.41) is 3.09. The summed E-state index contributed by atoms with van der Waals surface area (Å²) in [4.78, 5) is 47.5. The molecule has 28 heavy (non-hydrogen) atoms. The first-order chi connectivity index (χ1) is 13.2. The first-order valence-electron chi connectivity index (χ1n) is 8.35. The van der Waals surface area contributed by atoms with Gasteiger partial charge < -0.3 is 14.7 Å². The number of oxazole rings is 1. The van der Waals surface area contributed by atoms with Crippen molar-refractivity contribution < 1.29 is 9.21 Å². The van der Waals surface area contributed by atoms with Gasteiger partial charge in [-0.15, -0.1) is 11.8 Å². The van der Waals surface area contributed by atoms with Crippen molar-refractivity contribution in [1.29, 1.82) is 0 Å². The monoisotopic (exact) mass is 421 g/mol. The van der Waals surface area contributed by atoms with Crippen LogP contribution in [0.25, 0.3) is 0 Å². The van der Waals surface area contributed by atoms with E-state index >= 15 is 0 Å². The largest absolute Gasteiger partial charge is 0.444 e. The second-order valence-corrected chi connectivity index (χ2v) is 9.29. The first kappa shape index (κ1) is 20.1. The summed E-state index contributed by atoms with van der Waals surface area (Å²) in [6, 6.07) is 1.17. The van der Waals surface area contributed by atoms with E-state index in [0.29, 0.717) is 16.8 Å². The van der Waals surface area contributed by atoms with Crippen molar-refractivity contribution in [2.75, 3.05) is 5.32 Å². The van der Waals surface area contributed by atoms with E-state index in [2.05, 4.69) is 41.0 Å². The molecule has 0 saturated heterocycles. The molecule has 3 rings (SSSR count). The highest BCUT2D eigenvalue weighted by molar-refractivity contribution is 8.00. The van der Waals surface area contributed by atoms with Gasteiger partial charge in [0.15, 0.2) is 5.13 Å². The molecule has 0 unspecified atom stereocenters. The lowest BCUT2D eigenvalue weighted by atomic mass is 9.94. The number of carbonyl (C=O) groups is 1. The van der Waals surface area contributed by atoms with Gasteiger partial charge in [0.05, 0.1) is 28.8 Å². The maximum Gasteiger partial charge on any atom is 0.325 e. The minimum Gasteiger partial charge on any atom is -0.444 e. The molecule has 3 heterocycles. The van der Waals surface area contributed by atoms with Crippen molar-refractivity contribution >= 4 is 34.1 Å². The van der Waals surface area contributed by atoms with Crippen LogP contribution in [-0.4, -0.2) is 25.8 Å². The van der Waals surface area contributed by atoms with E-state index in [1.54, 1.807) is 12.4 Å². The van der Waals surface area contributed by atoms with Crippen LogP contribution in [0, 0.1) is 0 Å². The number of H-pyrrole nitrogens is 2. The van der Waals surface area contributed by atoms with Gasteiger partial charge in [-0.25, -0.2) is 14.8 Å². The fourth-order valence-electron chi connectivity index (χ4n) is 2.19. The number of hydrogen-bond donors (Lipinski definition) is 3. The van der Waals surface area contributed by atoms with Crippen LogP contribution < -0.4 is 16.6 Å². The summed E-state index contributed by atoms with van der Waals surface area (Å²) in [6.07, 6.45) is 3.27. The van der Waals surface area contributed by atoms with E-state index in [0.717, 1.165) is 9.97 Å². The number of rotatable bonds is 6. The molecule has 9 nitrogen and oxygen atoms in total. The minimum atomic E-state index is -0.649. The summed E-state index contributed by atoms with van der Waals surface area (Å²) in [5.74, 6) is 1.64. The lowest BCUT2D eigenvalue weighted by molar-refractivity contribution is -0.115. The maximum absolute atomic E-state index is 12.1. The Kier molecular flexibility index (Phi) is 5.84. The summed E-state index contributed by atoms with van der Waals surface area (Å²) < 4.78 is 6.65. The molecule has 0 fully saturated rings. The van der Waals surface area contributed by atoms with Crippen molar-refractivity contribution in [3.05, 3.63) is 56.6 Å². The number of thiazole rings is 1. The average Bonchev–Trinajstić information content (AvgIpc) is 3.20. The van der Waals surface area contributed by atoms with Crippen LogP contribution in [0.3, 0.4) is 0 Å². The molecule has 0 aromatic carbocycles. The molecule has 0 radical (unpaired) electrons. The van der Waals surface area contributed by atoms with Gasteiger partial charge in [0, 0.05) is 17.2 Å². The molecule has 1 amide bonds. The quantitative estimate of drug-likeness (QED) is 0.520. The van der Waals surface area contributed by atoms with Gasteiger partial charge in [0.25, 0.3) is 5.56 Å². The second kappa shape index (κ2) is 8.15. The van der Waals surface area contributed by atoms with Gasteiger partial charge >= 0.3 is 5.69 Å². The Morgan fingerprint density at radius 1 is 1.25 bits per heavy atom. The van der Waals surface area contributed by atoms with E-state index in [1.165, 1.54) is 29.2 Å². The standard InChI is InChI=1S/C17H19N5O4S2/c1-17(2,3)10-6-18-13(26-10)8-27-14-7-19-16(28-14)22-12(24)5-9-4-11(23)21-15(25)20-9/h4,6-7H,5,8H2,1-3H3,(H,19,22,24)(H2,20,21,23,25). The first-order valence-corrected chi connectivity index (χ1v) is 10.2. The Morgan fingerprint density at radius 3 is 2.71 bits per heavy atom. The zero-order chi connectivity index (χ0) is 20.3. The van der Waals surface area contributed by atoms with E-state index in [-0.39, 0.29) is 23.4 Å². The maximum atomic E-state index is 12.1. The van der Waals surface area contributed by atoms with E-state index < -0.39 is 11.2 Å². The van der Waals surface area contributed by atoms with Crippen LogP contribution in [0.1, 0.15) is 38.1 Å². The molecular formula is C17H19N5O4S2. The molecule has 0 aliphatic carbocycles. The molecule has 0 atom stereocenters. The third-order valence-electron chi connectivity index (χ3n) is 3.53. The number of aromatic nitrogens is 4.